The minimum atomic E-state index is -0.384. The fourth-order valence-corrected chi connectivity index (χ4v) is 2.39. The monoisotopic (exact) mass is 232 g/mol. The molecule has 17 heavy (non-hydrogen) atoms. The molecule has 4 atom stereocenters. The third kappa shape index (κ3) is 2.27. The van der Waals surface area contributed by atoms with Crippen LogP contribution >= 0.6 is 0 Å². The molecule has 1 aliphatic carbocycles. The molecule has 0 aromatic heterocycles. The van der Waals surface area contributed by atoms with Crippen molar-refractivity contribution in [2.75, 3.05) is 6.61 Å². The fraction of sp³-hybridized carbons (Fsp3) is 0.429. The molecule has 4 unspecified atom stereocenters. The number of rotatable bonds is 1. The Bertz CT molecular complexity index is 401. The lowest BCUT2D eigenvalue weighted by Gasteiger charge is -2.38. The average Bonchev–Trinajstić information content (AvgIpc) is 2.39. The van der Waals surface area contributed by atoms with E-state index >= 15 is 0 Å². The largest absolute Gasteiger partial charge is 0.389 e. The van der Waals surface area contributed by atoms with E-state index in [-0.39, 0.29) is 24.4 Å². The number of fused-ring (bicyclic) bond motifs is 1. The van der Waals surface area contributed by atoms with E-state index in [0.29, 0.717) is 13.0 Å². The van der Waals surface area contributed by atoms with Crippen LogP contribution in [0.4, 0.5) is 0 Å². The Morgan fingerprint density at radius 3 is 2.76 bits per heavy atom. The van der Waals surface area contributed by atoms with Crippen LogP contribution in [0.2, 0.25) is 0 Å². The van der Waals surface area contributed by atoms with Crippen molar-refractivity contribution in [1.29, 1.82) is 0 Å². The molecule has 0 amide bonds. The molecule has 0 radical (unpaired) electrons. The lowest BCUT2D eigenvalue weighted by atomic mass is 9.90. The number of hydrogen-bond acceptors (Lipinski definition) is 3. The zero-order valence-corrected chi connectivity index (χ0v) is 9.53. The Morgan fingerprint density at radius 1 is 1.12 bits per heavy atom. The Balaban J connectivity index is 1.74. The Labute approximate surface area is 101 Å². The van der Waals surface area contributed by atoms with Crippen molar-refractivity contribution in [3.8, 4) is 0 Å². The maximum Gasteiger partial charge on any atom is 0.184 e. The second-order valence-corrected chi connectivity index (χ2v) is 4.60. The van der Waals surface area contributed by atoms with Crippen LogP contribution in [0.25, 0.3) is 0 Å². The van der Waals surface area contributed by atoms with E-state index < -0.39 is 0 Å². The highest BCUT2D eigenvalue weighted by atomic mass is 16.7. The predicted molar refractivity (Wildman–Crippen MR) is 63.3 cm³/mol. The Kier molecular flexibility index (Phi) is 2.97. The molecule has 0 bridgehead atoms. The Morgan fingerprint density at radius 2 is 1.94 bits per heavy atom. The minimum Gasteiger partial charge on any atom is -0.389 e. The fourth-order valence-electron chi connectivity index (χ4n) is 2.39. The molecule has 3 rings (SSSR count). The van der Waals surface area contributed by atoms with Crippen LogP contribution in [0.3, 0.4) is 0 Å². The van der Waals surface area contributed by atoms with Gasteiger partial charge in [-0.25, -0.2) is 0 Å². The molecule has 0 saturated carbocycles. The number of hydrogen-bond donors (Lipinski definition) is 1. The van der Waals surface area contributed by atoms with Crippen LogP contribution in [-0.2, 0) is 9.47 Å². The van der Waals surface area contributed by atoms with Crippen LogP contribution in [0.1, 0.15) is 18.3 Å². The van der Waals surface area contributed by atoms with Gasteiger partial charge in [0.25, 0.3) is 0 Å². The van der Waals surface area contributed by atoms with Gasteiger partial charge in [-0.15, -0.1) is 0 Å². The van der Waals surface area contributed by atoms with Gasteiger partial charge >= 0.3 is 0 Å². The number of aliphatic hydroxyl groups excluding tert-OH is 1. The summed E-state index contributed by atoms with van der Waals surface area (Å²) in [5, 5.41) is 9.60. The normalized spacial score (nSPS) is 36.5. The molecule has 0 spiro atoms. The van der Waals surface area contributed by atoms with E-state index in [9.17, 15) is 5.11 Å². The van der Waals surface area contributed by atoms with Gasteiger partial charge in [-0.1, -0.05) is 42.5 Å². The molecule has 1 fully saturated rings. The summed E-state index contributed by atoms with van der Waals surface area (Å²) in [6, 6.07) is 9.93. The summed E-state index contributed by atoms with van der Waals surface area (Å²) >= 11 is 0. The maximum atomic E-state index is 9.60. The SMILES string of the molecule is OC1C=CC2COC(c3ccccc3)OC2C1. The van der Waals surface area contributed by atoms with E-state index in [1.165, 1.54) is 0 Å². The summed E-state index contributed by atoms with van der Waals surface area (Å²) in [7, 11) is 0. The molecule has 1 heterocycles. The molecule has 3 nitrogen and oxygen atoms in total. The highest BCUT2D eigenvalue weighted by Crippen LogP contribution is 2.33. The van der Waals surface area contributed by atoms with Gasteiger partial charge in [0, 0.05) is 17.9 Å². The van der Waals surface area contributed by atoms with Gasteiger partial charge in [0.2, 0.25) is 0 Å². The second-order valence-electron chi connectivity index (χ2n) is 4.60. The van der Waals surface area contributed by atoms with Gasteiger partial charge in [-0.2, -0.15) is 0 Å². The van der Waals surface area contributed by atoms with Crippen LogP contribution < -0.4 is 0 Å². The molecular weight excluding hydrogens is 216 g/mol. The molecule has 1 saturated heterocycles. The molecule has 1 N–H and O–H groups in total. The molecule has 1 aromatic rings. The standard InChI is InChI=1S/C14H16O3/c15-12-7-6-11-9-16-14(17-13(11)8-12)10-4-2-1-3-5-10/h1-7,11-15H,8-9H2. The topological polar surface area (TPSA) is 38.7 Å². The van der Waals surface area contributed by atoms with Crippen molar-refractivity contribution >= 4 is 0 Å². The summed E-state index contributed by atoms with van der Waals surface area (Å²) in [4.78, 5) is 0. The quantitative estimate of drug-likeness (QED) is 0.753. The van der Waals surface area contributed by atoms with Crippen molar-refractivity contribution in [2.24, 2.45) is 5.92 Å². The lowest BCUT2D eigenvalue weighted by molar-refractivity contribution is -0.239. The van der Waals surface area contributed by atoms with Gasteiger partial charge in [-0.3, -0.25) is 0 Å². The van der Waals surface area contributed by atoms with Crippen LogP contribution in [-0.4, -0.2) is 23.9 Å². The van der Waals surface area contributed by atoms with Crippen LogP contribution in [0, 0.1) is 5.92 Å². The molecule has 1 aliphatic heterocycles. The van der Waals surface area contributed by atoms with Gasteiger partial charge in [0.05, 0.1) is 18.8 Å². The Hall–Kier alpha value is -1.16. The molecule has 2 aliphatic rings. The highest BCUT2D eigenvalue weighted by molar-refractivity contribution is 5.17. The zero-order valence-electron chi connectivity index (χ0n) is 9.53. The van der Waals surface area contributed by atoms with E-state index in [4.69, 9.17) is 9.47 Å². The van der Waals surface area contributed by atoms with E-state index in [1.807, 2.05) is 42.5 Å². The number of ether oxygens (including phenoxy) is 2. The van der Waals surface area contributed by atoms with Crippen LogP contribution in [0.15, 0.2) is 42.5 Å². The third-order valence-corrected chi connectivity index (χ3v) is 3.34. The van der Waals surface area contributed by atoms with Crippen LogP contribution in [0.5, 0.6) is 0 Å². The lowest BCUT2D eigenvalue weighted by Crippen LogP contribution is -2.39. The molecule has 3 heteroatoms. The van der Waals surface area contributed by atoms with Gasteiger partial charge in [0.1, 0.15) is 0 Å². The first kappa shape index (κ1) is 11.0. The summed E-state index contributed by atoms with van der Waals surface area (Å²) < 4.78 is 11.6. The first-order valence-corrected chi connectivity index (χ1v) is 6.01. The number of benzene rings is 1. The zero-order chi connectivity index (χ0) is 11.7. The molecular formula is C14H16O3. The van der Waals surface area contributed by atoms with Crippen molar-refractivity contribution in [1.82, 2.24) is 0 Å². The van der Waals surface area contributed by atoms with Crippen molar-refractivity contribution < 1.29 is 14.6 Å². The maximum absolute atomic E-state index is 9.60. The van der Waals surface area contributed by atoms with Gasteiger partial charge in [-0.05, 0) is 0 Å². The summed E-state index contributed by atoms with van der Waals surface area (Å²) in [5.74, 6) is 0.276. The van der Waals surface area contributed by atoms with Crippen molar-refractivity contribution in [3.05, 3.63) is 48.0 Å². The van der Waals surface area contributed by atoms with E-state index in [0.717, 1.165) is 5.56 Å². The average molecular weight is 232 g/mol. The second kappa shape index (κ2) is 4.61. The summed E-state index contributed by atoms with van der Waals surface area (Å²) in [6.45, 7) is 0.660. The third-order valence-electron chi connectivity index (χ3n) is 3.34. The highest BCUT2D eigenvalue weighted by Gasteiger charge is 2.34. The van der Waals surface area contributed by atoms with Crippen molar-refractivity contribution in [2.45, 2.75) is 24.9 Å². The van der Waals surface area contributed by atoms with Gasteiger partial charge < -0.3 is 14.6 Å². The minimum absolute atomic E-state index is 0.0638. The van der Waals surface area contributed by atoms with E-state index in [1.54, 1.807) is 0 Å². The van der Waals surface area contributed by atoms with E-state index in [2.05, 4.69) is 0 Å². The number of aliphatic hydroxyl groups is 1. The molecule has 90 valence electrons. The van der Waals surface area contributed by atoms with Crippen molar-refractivity contribution in [3.63, 3.8) is 0 Å². The molecule has 1 aromatic carbocycles. The predicted octanol–water partition coefficient (Wildman–Crippen LogP) is 2.04. The smallest absolute Gasteiger partial charge is 0.184 e. The first-order chi connectivity index (χ1) is 8.33. The van der Waals surface area contributed by atoms with Gasteiger partial charge in [0.15, 0.2) is 6.29 Å². The summed E-state index contributed by atoms with van der Waals surface area (Å²) in [5.41, 5.74) is 1.04. The summed E-state index contributed by atoms with van der Waals surface area (Å²) in [6.07, 6.45) is 3.88. The first-order valence-electron chi connectivity index (χ1n) is 6.01.